The maximum absolute atomic E-state index is 5.95. The molecule has 1 aliphatic heterocycles. The Kier molecular flexibility index (Phi) is 3.87. The Balaban J connectivity index is 1.73. The first-order chi connectivity index (χ1) is 9.28. The molecule has 3 heteroatoms. The van der Waals surface area contributed by atoms with Crippen LogP contribution in [0.1, 0.15) is 29.9 Å². The highest BCUT2D eigenvalue weighted by Gasteiger charge is 2.28. The third kappa shape index (κ3) is 2.99. The molecule has 1 heterocycles. The Bertz CT molecular complexity index is 428. The van der Waals surface area contributed by atoms with Gasteiger partial charge in [-0.1, -0.05) is 24.3 Å². The lowest BCUT2D eigenvalue weighted by Gasteiger charge is -2.39. The molecule has 1 atom stereocenters. The zero-order chi connectivity index (χ0) is 13.2. The average molecular weight is 259 g/mol. The van der Waals surface area contributed by atoms with Gasteiger partial charge in [0.15, 0.2) is 0 Å². The zero-order valence-corrected chi connectivity index (χ0v) is 11.9. The Morgan fingerprint density at radius 1 is 1.21 bits per heavy atom. The topological polar surface area (TPSA) is 32.5 Å². The fraction of sp³-hybridized carbons (Fsp3) is 0.625. The van der Waals surface area contributed by atoms with Crippen LogP contribution in [0, 0.1) is 0 Å². The molecule has 104 valence electrons. The molecule has 1 saturated carbocycles. The Labute approximate surface area is 116 Å². The number of benzene rings is 1. The van der Waals surface area contributed by atoms with Crippen LogP contribution in [0.25, 0.3) is 0 Å². The summed E-state index contributed by atoms with van der Waals surface area (Å²) in [6.45, 7) is 5.22. The van der Waals surface area contributed by atoms with Crippen molar-refractivity contribution >= 4 is 0 Å². The molecule has 19 heavy (non-hydrogen) atoms. The Hall–Kier alpha value is -0.900. The van der Waals surface area contributed by atoms with Crippen molar-refractivity contribution in [2.75, 3.05) is 33.2 Å². The third-order valence-electron chi connectivity index (χ3n) is 4.53. The van der Waals surface area contributed by atoms with Gasteiger partial charge in [-0.3, -0.25) is 4.90 Å². The summed E-state index contributed by atoms with van der Waals surface area (Å²) in [7, 11) is 2.19. The predicted molar refractivity (Wildman–Crippen MR) is 79.2 cm³/mol. The Morgan fingerprint density at radius 3 is 2.74 bits per heavy atom. The summed E-state index contributed by atoms with van der Waals surface area (Å²) < 4.78 is 0. The van der Waals surface area contributed by atoms with Gasteiger partial charge in [0.05, 0.1) is 0 Å². The van der Waals surface area contributed by atoms with Crippen LogP contribution in [-0.4, -0.2) is 49.1 Å². The van der Waals surface area contributed by atoms with Gasteiger partial charge in [-0.05, 0) is 36.9 Å². The summed E-state index contributed by atoms with van der Waals surface area (Å²) in [5.41, 5.74) is 9.05. The van der Waals surface area contributed by atoms with Crippen LogP contribution in [0.3, 0.4) is 0 Å². The van der Waals surface area contributed by atoms with Gasteiger partial charge in [0, 0.05) is 38.8 Å². The SMILES string of the molecule is CN1CCN(Cc2ccccc2C2CC2)C(CN)C1. The molecule has 0 spiro atoms. The lowest BCUT2D eigenvalue weighted by Crippen LogP contribution is -2.54. The van der Waals surface area contributed by atoms with Crippen molar-refractivity contribution in [1.29, 1.82) is 0 Å². The van der Waals surface area contributed by atoms with Crippen LogP contribution in [0.4, 0.5) is 0 Å². The van der Waals surface area contributed by atoms with E-state index in [0.717, 1.165) is 38.6 Å². The first-order valence-electron chi connectivity index (χ1n) is 7.48. The fourth-order valence-electron chi connectivity index (χ4n) is 3.17. The monoisotopic (exact) mass is 259 g/mol. The van der Waals surface area contributed by atoms with Crippen molar-refractivity contribution in [2.24, 2.45) is 5.73 Å². The van der Waals surface area contributed by atoms with Crippen molar-refractivity contribution in [2.45, 2.75) is 31.3 Å². The van der Waals surface area contributed by atoms with Gasteiger partial charge in [0.1, 0.15) is 0 Å². The number of nitrogens with zero attached hydrogens (tertiary/aromatic N) is 2. The van der Waals surface area contributed by atoms with Gasteiger partial charge in [0.25, 0.3) is 0 Å². The summed E-state index contributed by atoms with van der Waals surface area (Å²) in [4.78, 5) is 4.96. The molecule has 1 aromatic carbocycles. The van der Waals surface area contributed by atoms with Crippen molar-refractivity contribution < 1.29 is 0 Å². The van der Waals surface area contributed by atoms with E-state index >= 15 is 0 Å². The summed E-state index contributed by atoms with van der Waals surface area (Å²) in [6.07, 6.45) is 2.75. The summed E-state index contributed by atoms with van der Waals surface area (Å²) in [5, 5.41) is 0. The van der Waals surface area contributed by atoms with Crippen molar-refractivity contribution in [1.82, 2.24) is 9.80 Å². The van der Waals surface area contributed by atoms with E-state index in [2.05, 4.69) is 41.1 Å². The molecule has 3 nitrogen and oxygen atoms in total. The number of hydrogen-bond donors (Lipinski definition) is 1. The van der Waals surface area contributed by atoms with Crippen LogP contribution < -0.4 is 5.73 Å². The highest BCUT2D eigenvalue weighted by atomic mass is 15.3. The molecular formula is C16H25N3. The zero-order valence-electron chi connectivity index (χ0n) is 11.9. The molecule has 1 aromatic rings. The van der Waals surface area contributed by atoms with Crippen LogP contribution in [0.5, 0.6) is 0 Å². The van der Waals surface area contributed by atoms with Gasteiger partial charge in [-0.2, -0.15) is 0 Å². The highest BCUT2D eigenvalue weighted by Crippen LogP contribution is 2.41. The largest absolute Gasteiger partial charge is 0.329 e. The maximum atomic E-state index is 5.95. The lowest BCUT2D eigenvalue weighted by molar-refractivity contribution is 0.0878. The average Bonchev–Trinajstić information content (AvgIpc) is 3.26. The van der Waals surface area contributed by atoms with E-state index in [0.29, 0.717) is 6.04 Å². The van der Waals surface area contributed by atoms with E-state index in [9.17, 15) is 0 Å². The molecule has 0 bridgehead atoms. The second kappa shape index (κ2) is 5.61. The summed E-state index contributed by atoms with van der Waals surface area (Å²) in [5.74, 6) is 0.833. The normalized spacial score (nSPS) is 25.7. The van der Waals surface area contributed by atoms with E-state index in [1.807, 2.05) is 0 Å². The van der Waals surface area contributed by atoms with Gasteiger partial charge in [-0.15, -0.1) is 0 Å². The second-order valence-electron chi connectivity index (χ2n) is 6.10. The molecule has 2 fully saturated rings. The fourth-order valence-corrected chi connectivity index (χ4v) is 3.17. The molecular weight excluding hydrogens is 234 g/mol. The second-order valence-corrected chi connectivity index (χ2v) is 6.10. The van der Waals surface area contributed by atoms with Gasteiger partial charge >= 0.3 is 0 Å². The minimum atomic E-state index is 0.506. The van der Waals surface area contributed by atoms with Crippen molar-refractivity contribution in [3.8, 4) is 0 Å². The highest BCUT2D eigenvalue weighted by molar-refractivity contribution is 5.33. The molecule has 2 aliphatic rings. The minimum absolute atomic E-state index is 0.506. The first-order valence-corrected chi connectivity index (χ1v) is 7.48. The molecule has 2 N–H and O–H groups in total. The Morgan fingerprint density at radius 2 is 2.00 bits per heavy atom. The van der Waals surface area contributed by atoms with E-state index in [-0.39, 0.29) is 0 Å². The molecule has 0 aromatic heterocycles. The van der Waals surface area contributed by atoms with Crippen molar-refractivity contribution in [3.05, 3.63) is 35.4 Å². The molecule has 1 unspecified atom stereocenters. The van der Waals surface area contributed by atoms with E-state index in [1.54, 1.807) is 5.56 Å². The smallest absolute Gasteiger partial charge is 0.0349 e. The third-order valence-corrected chi connectivity index (χ3v) is 4.53. The molecule has 1 saturated heterocycles. The van der Waals surface area contributed by atoms with Crippen LogP contribution in [0.15, 0.2) is 24.3 Å². The molecule has 0 radical (unpaired) electrons. The molecule has 0 amide bonds. The number of likely N-dealkylation sites (N-methyl/N-ethyl adjacent to an activating group) is 1. The molecule has 3 rings (SSSR count). The maximum Gasteiger partial charge on any atom is 0.0349 e. The van der Waals surface area contributed by atoms with E-state index < -0.39 is 0 Å². The summed E-state index contributed by atoms with van der Waals surface area (Å²) >= 11 is 0. The first kappa shape index (κ1) is 13.1. The van der Waals surface area contributed by atoms with Gasteiger partial charge < -0.3 is 10.6 Å². The summed E-state index contributed by atoms with van der Waals surface area (Å²) in [6, 6.07) is 9.49. The number of nitrogens with two attached hydrogens (primary N) is 1. The van der Waals surface area contributed by atoms with Crippen LogP contribution in [-0.2, 0) is 6.54 Å². The molecule has 1 aliphatic carbocycles. The number of hydrogen-bond acceptors (Lipinski definition) is 3. The van der Waals surface area contributed by atoms with Crippen molar-refractivity contribution in [3.63, 3.8) is 0 Å². The van der Waals surface area contributed by atoms with Gasteiger partial charge in [-0.25, -0.2) is 0 Å². The van der Waals surface area contributed by atoms with E-state index in [4.69, 9.17) is 5.73 Å². The predicted octanol–water partition coefficient (Wildman–Crippen LogP) is 1.64. The standard InChI is InChI=1S/C16H25N3/c1-18-8-9-19(15(10-17)12-18)11-14-4-2-3-5-16(14)13-6-7-13/h2-5,13,15H,6-12,17H2,1H3. The number of rotatable bonds is 4. The minimum Gasteiger partial charge on any atom is -0.329 e. The van der Waals surface area contributed by atoms with Crippen LogP contribution in [0.2, 0.25) is 0 Å². The van der Waals surface area contributed by atoms with Crippen LogP contribution >= 0.6 is 0 Å². The van der Waals surface area contributed by atoms with Gasteiger partial charge in [0.2, 0.25) is 0 Å². The number of piperazine rings is 1. The lowest BCUT2D eigenvalue weighted by atomic mass is 10.0. The quantitative estimate of drug-likeness (QED) is 0.892. The van der Waals surface area contributed by atoms with E-state index in [1.165, 1.54) is 18.4 Å².